The third-order valence-corrected chi connectivity index (χ3v) is 5.44. The van der Waals surface area contributed by atoms with Gasteiger partial charge >= 0.3 is 0 Å². The van der Waals surface area contributed by atoms with Crippen molar-refractivity contribution < 1.29 is 0 Å². The van der Waals surface area contributed by atoms with E-state index in [2.05, 4.69) is 66.5 Å². The first kappa shape index (κ1) is 17.8. The summed E-state index contributed by atoms with van der Waals surface area (Å²) in [5, 5.41) is 19.5. The van der Waals surface area contributed by atoms with Crippen LogP contribution in [0.4, 0.5) is 0 Å². The molecule has 0 bridgehead atoms. The second-order valence-electron chi connectivity index (χ2n) is 9.16. The molecule has 0 aliphatic heterocycles. The number of tetrazole rings is 1. The molecule has 7 heteroatoms. The number of nitrogens with one attached hydrogen (secondary N) is 1. The van der Waals surface area contributed by atoms with Crippen LogP contribution in [0.15, 0.2) is 12.4 Å². The average molecular weight is 365 g/mol. The Morgan fingerprint density at radius 2 is 1.96 bits per heavy atom. The number of aromatic nitrogens is 7. The monoisotopic (exact) mass is 365 g/mol. The Labute approximate surface area is 159 Å². The molecule has 1 aliphatic rings. The zero-order valence-corrected chi connectivity index (χ0v) is 17.0. The highest BCUT2D eigenvalue weighted by atomic mass is 15.5. The average Bonchev–Trinajstić information content (AvgIpc) is 3.23. The van der Waals surface area contributed by atoms with E-state index >= 15 is 0 Å². The number of hydrogen-bond acceptors (Lipinski definition) is 5. The van der Waals surface area contributed by atoms with E-state index in [9.17, 15) is 0 Å². The van der Waals surface area contributed by atoms with Crippen LogP contribution < -0.4 is 0 Å². The van der Waals surface area contributed by atoms with Gasteiger partial charge in [-0.3, -0.25) is 9.67 Å². The van der Waals surface area contributed by atoms with Crippen molar-refractivity contribution in [2.75, 3.05) is 0 Å². The molecule has 0 aromatic carbocycles. The Bertz CT molecular complexity index is 975. The Hall–Kier alpha value is -2.57. The van der Waals surface area contributed by atoms with Crippen molar-refractivity contribution in [3.8, 4) is 22.5 Å². The van der Waals surface area contributed by atoms with E-state index in [1.807, 2.05) is 17.9 Å². The lowest BCUT2D eigenvalue weighted by atomic mass is 9.72. The van der Waals surface area contributed by atoms with Crippen LogP contribution in [-0.2, 0) is 24.3 Å². The smallest absolute Gasteiger partial charge is 0.207 e. The summed E-state index contributed by atoms with van der Waals surface area (Å²) in [7, 11) is 1.94. The number of pyridine rings is 1. The van der Waals surface area contributed by atoms with Crippen LogP contribution in [0.5, 0.6) is 0 Å². The highest BCUT2D eigenvalue weighted by molar-refractivity contribution is 5.85. The van der Waals surface area contributed by atoms with Crippen molar-refractivity contribution in [2.45, 2.75) is 64.7 Å². The quantitative estimate of drug-likeness (QED) is 0.750. The summed E-state index contributed by atoms with van der Waals surface area (Å²) >= 11 is 0. The van der Waals surface area contributed by atoms with Crippen molar-refractivity contribution in [3.63, 3.8) is 0 Å². The van der Waals surface area contributed by atoms with Crippen LogP contribution in [-0.4, -0.2) is 35.4 Å². The van der Waals surface area contributed by atoms with Gasteiger partial charge in [-0.1, -0.05) is 34.6 Å². The normalized spacial score (nSPS) is 16.4. The molecular weight excluding hydrogens is 338 g/mol. The molecule has 7 nitrogen and oxygen atoms in total. The number of fused-ring (bicyclic) bond motifs is 1. The molecule has 3 aromatic heterocycles. The van der Waals surface area contributed by atoms with Gasteiger partial charge in [0.05, 0.1) is 23.1 Å². The van der Waals surface area contributed by atoms with Gasteiger partial charge in [0.25, 0.3) is 0 Å². The summed E-state index contributed by atoms with van der Waals surface area (Å²) in [4.78, 5) is 5.24. The Morgan fingerprint density at radius 1 is 1.19 bits per heavy atom. The zero-order valence-electron chi connectivity index (χ0n) is 17.0. The van der Waals surface area contributed by atoms with Gasteiger partial charge in [0, 0.05) is 35.2 Å². The van der Waals surface area contributed by atoms with Crippen molar-refractivity contribution in [2.24, 2.45) is 7.05 Å². The topological polar surface area (TPSA) is 85.2 Å². The molecule has 0 fully saturated rings. The molecule has 3 aromatic rings. The fraction of sp³-hybridized carbons (Fsp3) is 0.550. The highest BCUT2D eigenvalue weighted by Crippen LogP contribution is 2.46. The van der Waals surface area contributed by atoms with Gasteiger partial charge in [0.1, 0.15) is 0 Å². The molecule has 27 heavy (non-hydrogen) atoms. The molecule has 142 valence electrons. The summed E-state index contributed by atoms with van der Waals surface area (Å²) in [6, 6.07) is 0. The standard InChI is InChI=1S/C20H27N7/c1-19(2,3)17-15(18-23-25-26-24-18)14(12-10-21-27(6)11-12)13-8-7-9-20(4,5)16(13)22-17/h10-11H,7-9H2,1-6H3,(H,23,24,25,26). The maximum atomic E-state index is 5.24. The second-order valence-corrected chi connectivity index (χ2v) is 9.16. The molecule has 0 atom stereocenters. The molecule has 0 saturated heterocycles. The first-order chi connectivity index (χ1) is 12.7. The Kier molecular flexibility index (Phi) is 3.94. The molecule has 0 unspecified atom stereocenters. The van der Waals surface area contributed by atoms with Crippen molar-refractivity contribution in [1.29, 1.82) is 0 Å². The lowest BCUT2D eigenvalue weighted by Crippen LogP contribution is -2.29. The van der Waals surface area contributed by atoms with Crippen LogP contribution in [0.1, 0.15) is 64.4 Å². The van der Waals surface area contributed by atoms with E-state index < -0.39 is 0 Å². The number of nitrogens with zero attached hydrogens (tertiary/aromatic N) is 6. The maximum Gasteiger partial charge on any atom is 0.207 e. The first-order valence-corrected chi connectivity index (χ1v) is 9.49. The van der Waals surface area contributed by atoms with E-state index in [4.69, 9.17) is 4.98 Å². The van der Waals surface area contributed by atoms with E-state index in [1.54, 1.807) is 0 Å². The summed E-state index contributed by atoms with van der Waals surface area (Å²) in [6.45, 7) is 11.2. The SMILES string of the molecule is Cn1cc(-c2c3c(nc(C(C)(C)C)c2-c2nn[nH]n2)C(C)(C)CCC3)cn1. The number of aryl methyl sites for hydroxylation is 1. The maximum absolute atomic E-state index is 5.24. The number of H-pyrrole nitrogens is 1. The van der Waals surface area contributed by atoms with Gasteiger partial charge in [-0.2, -0.15) is 10.3 Å². The lowest BCUT2D eigenvalue weighted by molar-refractivity contribution is 0.413. The lowest BCUT2D eigenvalue weighted by Gasteiger charge is -2.35. The third-order valence-electron chi connectivity index (χ3n) is 5.44. The van der Waals surface area contributed by atoms with Gasteiger partial charge in [-0.15, -0.1) is 10.2 Å². The zero-order chi connectivity index (χ0) is 19.4. The largest absolute Gasteiger partial charge is 0.275 e. The van der Waals surface area contributed by atoms with Gasteiger partial charge in [0.15, 0.2) is 0 Å². The van der Waals surface area contributed by atoms with E-state index in [1.165, 1.54) is 11.3 Å². The van der Waals surface area contributed by atoms with Crippen molar-refractivity contribution >= 4 is 0 Å². The van der Waals surface area contributed by atoms with Crippen molar-refractivity contribution in [1.82, 2.24) is 35.4 Å². The fourth-order valence-corrected chi connectivity index (χ4v) is 4.15. The van der Waals surface area contributed by atoms with E-state index in [0.717, 1.165) is 41.6 Å². The fourth-order valence-electron chi connectivity index (χ4n) is 4.15. The molecule has 1 N–H and O–H groups in total. The van der Waals surface area contributed by atoms with E-state index in [-0.39, 0.29) is 10.8 Å². The van der Waals surface area contributed by atoms with Gasteiger partial charge in [-0.05, 0) is 30.0 Å². The summed E-state index contributed by atoms with van der Waals surface area (Å²) in [5.41, 5.74) is 6.61. The third kappa shape index (κ3) is 2.95. The van der Waals surface area contributed by atoms with Crippen LogP contribution in [0, 0.1) is 0 Å². The predicted octanol–water partition coefficient (Wildman–Crippen LogP) is 3.57. The van der Waals surface area contributed by atoms with Crippen molar-refractivity contribution in [3.05, 3.63) is 29.3 Å². The van der Waals surface area contributed by atoms with Crippen LogP contribution in [0.25, 0.3) is 22.5 Å². The Balaban J connectivity index is 2.16. The molecule has 3 heterocycles. The minimum Gasteiger partial charge on any atom is -0.275 e. The summed E-state index contributed by atoms with van der Waals surface area (Å²) in [5.74, 6) is 0.595. The number of rotatable bonds is 2. The van der Waals surface area contributed by atoms with Crippen LogP contribution in [0.2, 0.25) is 0 Å². The molecule has 0 radical (unpaired) electrons. The molecule has 0 amide bonds. The summed E-state index contributed by atoms with van der Waals surface area (Å²) in [6.07, 6.45) is 7.28. The van der Waals surface area contributed by atoms with Crippen LogP contribution >= 0.6 is 0 Å². The number of hydrogen-bond donors (Lipinski definition) is 1. The Morgan fingerprint density at radius 3 is 2.56 bits per heavy atom. The highest BCUT2D eigenvalue weighted by Gasteiger charge is 2.36. The molecular formula is C20H27N7. The number of aromatic amines is 1. The molecule has 0 spiro atoms. The van der Waals surface area contributed by atoms with Gasteiger partial charge in [-0.25, -0.2) is 0 Å². The van der Waals surface area contributed by atoms with Crippen LogP contribution in [0.3, 0.4) is 0 Å². The summed E-state index contributed by atoms with van der Waals surface area (Å²) < 4.78 is 1.84. The van der Waals surface area contributed by atoms with Gasteiger partial charge in [0.2, 0.25) is 5.82 Å². The molecule has 4 rings (SSSR count). The predicted molar refractivity (Wildman–Crippen MR) is 104 cm³/mol. The minimum absolute atomic E-state index is 0.0420. The molecule has 1 aliphatic carbocycles. The second kappa shape index (κ2) is 5.97. The molecule has 0 saturated carbocycles. The van der Waals surface area contributed by atoms with E-state index in [0.29, 0.717) is 5.82 Å². The van der Waals surface area contributed by atoms with Gasteiger partial charge < -0.3 is 0 Å². The first-order valence-electron chi connectivity index (χ1n) is 9.49. The minimum atomic E-state index is -0.157.